The summed E-state index contributed by atoms with van der Waals surface area (Å²) in [6.45, 7) is 4.39. The lowest BCUT2D eigenvalue weighted by Crippen LogP contribution is -2.44. The average molecular weight is 372 g/mol. The van der Waals surface area contributed by atoms with Crippen molar-refractivity contribution in [3.63, 3.8) is 0 Å². The quantitative estimate of drug-likeness (QED) is 0.711. The van der Waals surface area contributed by atoms with Crippen LogP contribution in [0.25, 0.3) is 0 Å². The van der Waals surface area contributed by atoms with Crippen LogP contribution in [0, 0.1) is 11.7 Å². The highest BCUT2D eigenvalue weighted by atomic mass is 19.1. The fourth-order valence-corrected chi connectivity index (χ4v) is 2.98. The van der Waals surface area contributed by atoms with Gasteiger partial charge < -0.3 is 14.2 Å². The maximum atomic E-state index is 13.2. The van der Waals surface area contributed by atoms with Crippen molar-refractivity contribution in [2.75, 3.05) is 6.54 Å². The number of carbonyl (C=O) groups excluding carboxylic acids is 2. The molecule has 0 unspecified atom stereocenters. The van der Waals surface area contributed by atoms with Gasteiger partial charge in [0.05, 0.1) is 12.8 Å². The Kier molecular flexibility index (Phi) is 5.94. The average Bonchev–Trinajstić information content (AvgIpc) is 3.36. The molecule has 0 radical (unpaired) electrons. The molecule has 1 aromatic heterocycles. The second-order valence-electron chi connectivity index (χ2n) is 7.31. The third kappa shape index (κ3) is 5.18. The molecule has 1 aromatic carbocycles. The summed E-state index contributed by atoms with van der Waals surface area (Å²) in [5.41, 5.74) is 0.824. The molecule has 144 valence electrons. The van der Waals surface area contributed by atoms with Crippen molar-refractivity contribution in [2.45, 2.75) is 45.8 Å². The zero-order valence-corrected chi connectivity index (χ0v) is 15.7. The van der Waals surface area contributed by atoms with Gasteiger partial charge in [0, 0.05) is 18.5 Å². The summed E-state index contributed by atoms with van der Waals surface area (Å²) in [5, 5.41) is 0. The van der Waals surface area contributed by atoms with E-state index in [0.29, 0.717) is 18.8 Å². The van der Waals surface area contributed by atoms with Gasteiger partial charge in [0.15, 0.2) is 0 Å². The molecule has 5 nitrogen and oxygen atoms in total. The van der Waals surface area contributed by atoms with E-state index in [9.17, 15) is 14.0 Å². The number of amides is 2. The van der Waals surface area contributed by atoms with E-state index in [2.05, 4.69) is 0 Å². The molecular weight excluding hydrogens is 347 g/mol. The Labute approximate surface area is 158 Å². The molecule has 2 amide bonds. The highest BCUT2D eigenvalue weighted by Crippen LogP contribution is 2.28. The number of furan rings is 1. The van der Waals surface area contributed by atoms with Gasteiger partial charge in [-0.25, -0.2) is 4.39 Å². The van der Waals surface area contributed by atoms with Crippen LogP contribution in [0.5, 0.6) is 0 Å². The topological polar surface area (TPSA) is 53.8 Å². The molecule has 1 fully saturated rings. The molecule has 6 heteroatoms. The van der Waals surface area contributed by atoms with E-state index in [4.69, 9.17) is 4.42 Å². The maximum Gasteiger partial charge on any atom is 0.242 e. The fraction of sp³-hybridized carbons (Fsp3) is 0.429. The zero-order valence-electron chi connectivity index (χ0n) is 15.7. The number of rotatable bonds is 8. The summed E-state index contributed by atoms with van der Waals surface area (Å²) in [6, 6.07) is 9.83. The number of carbonyl (C=O) groups is 2. The first kappa shape index (κ1) is 19.1. The van der Waals surface area contributed by atoms with Gasteiger partial charge in [-0.05, 0) is 42.7 Å². The Morgan fingerprint density at radius 1 is 1.15 bits per heavy atom. The first-order valence-electron chi connectivity index (χ1n) is 9.29. The Bertz CT molecular complexity index is 767. The standard InChI is InChI=1S/C21H25FN2O3/c1-15(2)21(26)24(18-9-10-18)14-20(25)23(13-19-4-3-11-27-19)12-16-5-7-17(22)8-6-16/h3-8,11,15,18H,9-10,12-14H2,1-2H3. The van der Waals surface area contributed by atoms with Crippen molar-refractivity contribution < 1.29 is 18.4 Å². The van der Waals surface area contributed by atoms with Crippen LogP contribution in [0.15, 0.2) is 47.1 Å². The third-order valence-electron chi connectivity index (χ3n) is 4.64. The van der Waals surface area contributed by atoms with E-state index in [1.54, 1.807) is 34.3 Å². The minimum atomic E-state index is -0.315. The van der Waals surface area contributed by atoms with Crippen LogP contribution in [0.4, 0.5) is 4.39 Å². The first-order valence-corrected chi connectivity index (χ1v) is 9.29. The third-order valence-corrected chi connectivity index (χ3v) is 4.64. The molecule has 1 aliphatic rings. The molecule has 0 saturated heterocycles. The van der Waals surface area contributed by atoms with Crippen LogP contribution in [-0.2, 0) is 22.7 Å². The van der Waals surface area contributed by atoms with Gasteiger partial charge in [-0.1, -0.05) is 26.0 Å². The number of hydrogen-bond donors (Lipinski definition) is 0. The lowest BCUT2D eigenvalue weighted by Gasteiger charge is -2.28. The second-order valence-corrected chi connectivity index (χ2v) is 7.31. The van der Waals surface area contributed by atoms with Gasteiger partial charge in [-0.2, -0.15) is 0 Å². The van der Waals surface area contributed by atoms with Crippen molar-refractivity contribution in [1.29, 1.82) is 0 Å². The highest BCUT2D eigenvalue weighted by molar-refractivity contribution is 5.86. The fourth-order valence-electron chi connectivity index (χ4n) is 2.98. The van der Waals surface area contributed by atoms with Gasteiger partial charge in [-0.3, -0.25) is 9.59 Å². The molecule has 0 N–H and O–H groups in total. The maximum absolute atomic E-state index is 13.2. The lowest BCUT2D eigenvalue weighted by atomic mass is 10.1. The van der Waals surface area contributed by atoms with Crippen LogP contribution >= 0.6 is 0 Å². The Morgan fingerprint density at radius 3 is 2.41 bits per heavy atom. The van der Waals surface area contributed by atoms with Crippen LogP contribution in [-0.4, -0.2) is 34.2 Å². The minimum absolute atomic E-state index is 0.00517. The van der Waals surface area contributed by atoms with Gasteiger partial charge >= 0.3 is 0 Å². The smallest absolute Gasteiger partial charge is 0.242 e. The van der Waals surface area contributed by atoms with Crippen molar-refractivity contribution in [2.24, 2.45) is 5.92 Å². The van der Waals surface area contributed by atoms with Crippen LogP contribution in [0.3, 0.4) is 0 Å². The molecular formula is C21H25FN2O3. The molecule has 2 aromatic rings. The molecule has 0 spiro atoms. The number of benzene rings is 1. The predicted octanol–water partition coefficient (Wildman–Crippen LogP) is 3.59. The van der Waals surface area contributed by atoms with Crippen LogP contribution < -0.4 is 0 Å². The second kappa shape index (κ2) is 8.37. The van der Waals surface area contributed by atoms with Crippen LogP contribution in [0.2, 0.25) is 0 Å². The van der Waals surface area contributed by atoms with Crippen LogP contribution in [0.1, 0.15) is 38.0 Å². The Balaban J connectivity index is 1.74. The monoisotopic (exact) mass is 372 g/mol. The largest absolute Gasteiger partial charge is 0.467 e. The van der Waals surface area contributed by atoms with Crippen molar-refractivity contribution in [3.05, 3.63) is 59.8 Å². The van der Waals surface area contributed by atoms with E-state index in [-0.39, 0.29) is 36.1 Å². The van der Waals surface area contributed by atoms with Gasteiger partial charge in [-0.15, -0.1) is 0 Å². The van der Waals surface area contributed by atoms with Crippen molar-refractivity contribution in [3.8, 4) is 0 Å². The van der Waals surface area contributed by atoms with Crippen molar-refractivity contribution >= 4 is 11.8 Å². The summed E-state index contributed by atoms with van der Waals surface area (Å²) in [6.07, 6.45) is 3.46. The summed E-state index contributed by atoms with van der Waals surface area (Å²) in [5.74, 6) is 0.0694. The summed E-state index contributed by atoms with van der Waals surface area (Å²) in [4.78, 5) is 28.9. The van der Waals surface area contributed by atoms with Gasteiger partial charge in [0.1, 0.15) is 18.1 Å². The van der Waals surface area contributed by atoms with E-state index in [0.717, 1.165) is 18.4 Å². The SMILES string of the molecule is CC(C)C(=O)N(CC(=O)N(Cc1ccc(F)cc1)Cc1ccco1)C1CC1. The Hall–Kier alpha value is -2.63. The van der Waals surface area contributed by atoms with E-state index in [1.807, 2.05) is 19.9 Å². The zero-order chi connectivity index (χ0) is 19.4. The molecule has 1 aliphatic carbocycles. The summed E-state index contributed by atoms with van der Waals surface area (Å²) in [7, 11) is 0. The van der Waals surface area contributed by atoms with E-state index < -0.39 is 0 Å². The predicted molar refractivity (Wildman–Crippen MR) is 98.9 cm³/mol. The lowest BCUT2D eigenvalue weighted by molar-refractivity contribution is -0.143. The molecule has 0 bridgehead atoms. The molecule has 3 rings (SSSR count). The molecule has 1 saturated carbocycles. The number of hydrogen-bond acceptors (Lipinski definition) is 3. The van der Waals surface area contributed by atoms with Gasteiger partial charge in [0.25, 0.3) is 0 Å². The molecule has 0 atom stereocenters. The molecule has 1 heterocycles. The normalized spacial score (nSPS) is 13.6. The van der Waals surface area contributed by atoms with Crippen molar-refractivity contribution in [1.82, 2.24) is 9.80 Å². The van der Waals surface area contributed by atoms with E-state index in [1.165, 1.54) is 12.1 Å². The summed E-state index contributed by atoms with van der Waals surface area (Å²) < 4.78 is 18.6. The number of halogens is 1. The Morgan fingerprint density at radius 2 is 1.85 bits per heavy atom. The number of nitrogens with zero attached hydrogens (tertiary/aromatic N) is 2. The van der Waals surface area contributed by atoms with Gasteiger partial charge in [0.2, 0.25) is 11.8 Å². The minimum Gasteiger partial charge on any atom is -0.467 e. The molecule has 0 aliphatic heterocycles. The summed E-state index contributed by atoms with van der Waals surface area (Å²) >= 11 is 0. The van der Waals surface area contributed by atoms with E-state index >= 15 is 0 Å². The highest BCUT2D eigenvalue weighted by Gasteiger charge is 2.35. The first-order chi connectivity index (χ1) is 12.9. The molecule has 27 heavy (non-hydrogen) atoms.